The molecule has 0 saturated heterocycles. The van der Waals surface area contributed by atoms with Crippen LogP contribution < -0.4 is 5.73 Å². The van der Waals surface area contributed by atoms with Crippen LogP contribution in [0.4, 0.5) is 9.52 Å². The third kappa shape index (κ3) is 3.11. The van der Waals surface area contributed by atoms with Gasteiger partial charge in [0.2, 0.25) is 0 Å². The average molecular weight is 298 g/mol. The van der Waals surface area contributed by atoms with Crippen LogP contribution in [0.5, 0.6) is 0 Å². The van der Waals surface area contributed by atoms with E-state index in [0.717, 1.165) is 21.7 Å². The van der Waals surface area contributed by atoms with Crippen LogP contribution >= 0.6 is 11.3 Å². The zero-order chi connectivity index (χ0) is 14.8. The Labute approximate surface area is 127 Å². The second-order valence-corrected chi connectivity index (χ2v) is 6.12. The van der Waals surface area contributed by atoms with Crippen molar-refractivity contribution in [2.45, 2.75) is 13.3 Å². The molecule has 4 heteroatoms. The molecule has 21 heavy (non-hydrogen) atoms. The fourth-order valence-corrected chi connectivity index (χ4v) is 3.23. The summed E-state index contributed by atoms with van der Waals surface area (Å²) in [7, 11) is 0. The molecule has 3 rings (SSSR count). The molecule has 2 N–H and O–H groups in total. The van der Waals surface area contributed by atoms with Crippen molar-refractivity contribution >= 4 is 16.5 Å². The van der Waals surface area contributed by atoms with Gasteiger partial charge in [0, 0.05) is 16.9 Å². The van der Waals surface area contributed by atoms with Crippen LogP contribution in [0.3, 0.4) is 0 Å². The summed E-state index contributed by atoms with van der Waals surface area (Å²) in [5, 5.41) is 0.540. The zero-order valence-corrected chi connectivity index (χ0v) is 12.5. The molecule has 0 aliphatic heterocycles. The Morgan fingerprint density at radius 1 is 1.14 bits per heavy atom. The number of hydrogen-bond acceptors (Lipinski definition) is 3. The number of rotatable bonds is 3. The lowest BCUT2D eigenvalue weighted by molar-refractivity contribution is 0.626. The van der Waals surface area contributed by atoms with Crippen molar-refractivity contribution < 1.29 is 4.39 Å². The minimum absolute atomic E-state index is 0.220. The number of nitrogen functional groups attached to an aromatic ring is 1. The molecule has 0 atom stereocenters. The number of nitrogens with two attached hydrogens (primary N) is 1. The lowest BCUT2D eigenvalue weighted by Crippen LogP contribution is -1.90. The van der Waals surface area contributed by atoms with Gasteiger partial charge in [0.25, 0.3) is 0 Å². The number of aromatic nitrogens is 1. The summed E-state index contributed by atoms with van der Waals surface area (Å²) in [6, 6.07) is 14.8. The summed E-state index contributed by atoms with van der Waals surface area (Å²) in [4.78, 5) is 5.50. The Morgan fingerprint density at radius 3 is 2.71 bits per heavy atom. The van der Waals surface area contributed by atoms with Crippen LogP contribution in [-0.2, 0) is 6.42 Å². The molecule has 3 aromatic rings. The number of aryl methyl sites for hydroxylation is 1. The fraction of sp³-hybridized carbons (Fsp3) is 0.118. The van der Waals surface area contributed by atoms with Crippen LogP contribution in [0, 0.1) is 12.7 Å². The van der Waals surface area contributed by atoms with E-state index in [9.17, 15) is 4.39 Å². The van der Waals surface area contributed by atoms with Gasteiger partial charge in [0.15, 0.2) is 5.13 Å². The fourth-order valence-electron chi connectivity index (χ4n) is 2.34. The van der Waals surface area contributed by atoms with Gasteiger partial charge in [-0.15, -0.1) is 11.3 Å². The van der Waals surface area contributed by atoms with Crippen LogP contribution in [0.1, 0.15) is 16.0 Å². The number of hydrogen-bond donors (Lipinski definition) is 1. The number of nitrogens with zero attached hydrogens (tertiary/aromatic N) is 1. The van der Waals surface area contributed by atoms with Crippen LogP contribution in [0.15, 0.2) is 48.5 Å². The first kappa shape index (κ1) is 13.8. The number of halogens is 1. The molecule has 0 bridgehead atoms. The van der Waals surface area contributed by atoms with Crippen molar-refractivity contribution in [2.75, 3.05) is 5.73 Å². The summed E-state index contributed by atoms with van der Waals surface area (Å²) in [5.74, 6) is -0.220. The van der Waals surface area contributed by atoms with Gasteiger partial charge in [-0.3, -0.25) is 0 Å². The molecule has 0 fully saturated rings. The maximum Gasteiger partial charge on any atom is 0.180 e. The molecule has 106 valence electrons. The molecule has 0 spiro atoms. The van der Waals surface area contributed by atoms with E-state index in [4.69, 9.17) is 5.73 Å². The van der Waals surface area contributed by atoms with E-state index in [0.29, 0.717) is 11.6 Å². The molecule has 0 aliphatic carbocycles. The van der Waals surface area contributed by atoms with Gasteiger partial charge in [0.1, 0.15) is 5.82 Å². The quantitative estimate of drug-likeness (QED) is 0.777. The second-order valence-electron chi connectivity index (χ2n) is 5.00. The van der Waals surface area contributed by atoms with E-state index in [1.54, 1.807) is 12.1 Å². The topological polar surface area (TPSA) is 38.9 Å². The van der Waals surface area contributed by atoms with Gasteiger partial charge in [-0.05, 0) is 30.7 Å². The van der Waals surface area contributed by atoms with Crippen molar-refractivity contribution in [1.82, 2.24) is 4.98 Å². The van der Waals surface area contributed by atoms with E-state index >= 15 is 0 Å². The predicted molar refractivity (Wildman–Crippen MR) is 85.9 cm³/mol. The van der Waals surface area contributed by atoms with E-state index in [1.807, 2.05) is 31.2 Å². The van der Waals surface area contributed by atoms with Gasteiger partial charge >= 0.3 is 0 Å². The monoisotopic (exact) mass is 298 g/mol. The Kier molecular flexibility index (Phi) is 3.71. The smallest absolute Gasteiger partial charge is 0.180 e. The first-order valence-electron chi connectivity index (χ1n) is 6.68. The molecular formula is C17H15FN2S. The summed E-state index contributed by atoms with van der Waals surface area (Å²) in [5.41, 5.74) is 9.92. The maximum atomic E-state index is 13.3. The van der Waals surface area contributed by atoms with Crippen molar-refractivity contribution in [3.8, 4) is 11.3 Å². The molecule has 0 saturated carbocycles. The zero-order valence-electron chi connectivity index (χ0n) is 11.6. The van der Waals surface area contributed by atoms with Gasteiger partial charge < -0.3 is 5.73 Å². The van der Waals surface area contributed by atoms with Crippen molar-refractivity contribution in [3.05, 3.63) is 70.4 Å². The number of benzene rings is 2. The molecule has 2 aromatic carbocycles. The average Bonchev–Trinajstić information content (AvgIpc) is 2.79. The van der Waals surface area contributed by atoms with Crippen LogP contribution in [0.25, 0.3) is 11.3 Å². The predicted octanol–water partition coefficient (Wildman–Crippen LogP) is 4.43. The third-order valence-corrected chi connectivity index (χ3v) is 4.14. The molecule has 0 unspecified atom stereocenters. The molecule has 1 aromatic heterocycles. The van der Waals surface area contributed by atoms with Crippen LogP contribution in [0.2, 0.25) is 0 Å². The second kappa shape index (κ2) is 5.66. The lowest BCUT2D eigenvalue weighted by Gasteiger charge is -2.04. The SMILES string of the molecule is Cc1cccc(-c2nc(N)sc2Cc2cccc(F)c2)c1. The summed E-state index contributed by atoms with van der Waals surface area (Å²) in [6.45, 7) is 2.05. The molecule has 0 radical (unpaired) electrons. The first-order valence-corrected chi connectivity index (χ1v) is 7.50. The Morgan fingerprint density at radius 2 is 1.95 bits per heavy atom. The lowest BCUT2D eigenvalue weighted by atomic mass is 10.0. The molecule has 2 nitrogen and oxygen atoms in total. The highest BCUT2D eigenvalue weighted by molar-refractivity contribution is 7.15. The molecular weight excluding hydrogens is 283 g/mol. The van der Waals surface area contributed by atoms with Gasteiger partial charge in [-0.1, -0.05) is 35.9 Å². The summed E-state index contributed by atoms with van der Waals surface area (Å²) >= 11 is 1.46. The van der Waals surface area contributed by atoms with E-state index in [2.05, 4.69) is 11.1 Å². The normalized spacial score (nSPS) is 10.8. The largest absolute Gasteiger partial charge is 0.375 e. The van der Waals surface area contributed by atoms with E-state index < -0.39 is 0 Å². The summed E-state index contributed by atoms with van der Waals surface area (Å²) < 4.78 is 13.3. The Bertz CT molecular complexity index is 780. The Balaban J connectivity index is 2.00. The molecule has 0 amide bonds. The van der Waals surface area contributed by atoms with Crippen molar-refractivity contribution in [2.24, 2.45) is 0 Å². The molecule has 0 aliphatic rings. The molecule has 1 heterocycles. The summed E-state index contributed by atoms with van der Waals surface area (Å²) in [6.07, 6.45) is 0.635. The highest BCUT2D eigenvalue weighted by Gasteiger charge is 2.12. The van der Waals surface area contributed by atoms with Crippen LogP contribution in [-0.4, -0.2) is 4.98 Å². The maximum absolute atomic E-state index is 13.3. The standard InChI is InChI=1S/C17H15FN2S/c1-11-4-2-6-13(8-11)16-15(21-17(19)20-16)10-12-5-3-7-14(18)9-12/h2-9H,10H2,1H3,(H2,19,20). The third-order valence-electron chi connectivity index (χ3n) is 3.26. The van der Waals surface area contributed by atoms with E-state index in [-0.39, 0.29) is 5.82 Å². The minimum Gasteiger partial charge on any atom is -0.375 e. The van der Waals surface area contributed by atoms with Gasteiger partial charge in [-0.2, -0.15) is 0 Å². The first-order chi connectivity index (χ1) is 10.1. The number of anilines is 1. The Hall–Kier alpha value is -2.20. The number of thiazole rings is 1. The van der Waals surface area contributed by atoms with Crippen molar-refractivity contribution in [3.63, 3.8) is 0 Å². The van der Waals surface area contributed by atoms with Gasteiger partial charge in [-0.25, -0.2) is 9.37 Å². The minimum atomic E-state index is -0.220. The highest BCUT2D eigenvalue weighted by Crippen LogP contribution is 2.32. The van der Waals surface area contributed by atoms with E-state index in [1.165, 1.54) is 23.0 Å². The highest BCUT2D eigenvalue weighted by atomic mass is 32.1. The van der Waals surface area contributed by atoms with Gasteiger partial charge in [0.05, 0.1) is 5.69 Å². The van der Waals surface area contributed by atoms with Crippen molar-refractivity contribution in [1.29, 1.82) is 0 Å².